The van der Waals surface area contributed by atoms with E-state index in [9.17, 15) is 9.59 Å². The van der Waals surface area contributed by atoms with Gasteiger partial charge in [0.2, 0.25) is 0 Å². The number of H-pyrrole nitrogens is 1. The lowest BCUT2D eigenvalue weighted by molar-refractivity contribution is 0.102. The number of nitriles is 1. The van der Waals surface area contributed by atoms with Gasteiger partial charge in [-0.05, 0) is 56.3 Å². The van der Waals surface area contributed by atoms with Gasteiger partial charge in [-0.25, -0.2) is 4.52 Å². The summed E-state index contributed by atoms with van der Waals surface area (Å²) in [6.07, 6.45) is 1.88. The van der Waals surface area contributed by atoms with Crippen LogP contribution < -0.4 is 16.2 Å². The van der Waals surface area contributed by atoms with Gasteiger partial charge in [-0.3, -0.25) is 9.59 Å². The molecule has 1 amide bonds. The molecule has 0 saturated carbocycles. The van der Waals surface area contributed by atoms with E-state index in [4.69, 9.17) is 10.4 Å². The molecule has 5 rings (SSSR count). The average Bonchev–Trinajstić information content (AvgIpc) is 3.18. The standard InChI is InChI=1S/C23H20N6O2/c24-13-14-3-1-4-16(11-14)23(31)26-17-5-2-6-18-21(17)22-27-20(30)12-19(29(22)28-18)15-7-9-25-10-8-15/h1-6,11-12,15,25H,7-10H2,(H,26,31)(H,27,30). The van der Waals surface area contributed by atoms with E-state index < -0.39 is 0 Å². The molecule has 0 unspecified atom stereocenters. The van der Waals surface area contributed by atoms with E-state index >= 15 is 0 Å². The van der Waals surface area contributed by atoms with Gasteiger partial charge in [0.1, 0.15) is 5.65 Å². The van der Waals surface area contributed by atoms with Gasteiger partial charge >= 0.3 is 0 Å². The molecule has 1 aliphatic rings. The molecular weight excluding hydrogens is 392 g/mol. The first-order valence-corrected chi connectivity index (χ1v) is 10.2. The van der Waals surface area contributed by atoms with Crippen LogP contribution in [-0.4, -0.2) is 33.6 Å². The Hall–Kier alpha value is -3.96. The maximum Gasteiger partial charge on any atom is 0.255 e. The van der Waals surface area contributed by atoms with Crippen molar-refractivity contribution in [1.82, 2.24) is 19.9 Å². The fraction of sp³-hybridized carbons (Fsp3) is 0.217. The topological polar surface area (TPSA) is 115 Å². The first-order chi connectivity index (χ1) is 15.1. The molecule has 4 aromatic rings. The summed E-state index contributed by atoms with van der Waals surface area (Å²) in [6.45, 7) is 1.81. The van der Waals surface area contributed by atoms with Crippen LogP contribution in [0.15, 0.2) is 53.3 Å². The van der Waals surface area contributed by atoms with Crippen LogP contribution in [0.1, 0.15) is 40.4 Å². The number of fused-ring (bicyclic) bond motifs is 3. The number of nitrogens with zero attached hydrogens (tertiary/aromatic N) is 3. The minimum absolute atomic E-state index is 0.189. The highest BCUT2D eigenvalue weighted by atomic mass is 16.1. The van der Waals surface area contributed by atoms with Crippen molar-refractivity contribution in [2.75, 3.05) is 18.4 Å². The molecule has 0 bridgehead atoms. The van der Waals surface area contributed by atoms with E-state index in [1.807, 2.05) is 18.2 Å². The van der Waals surface area contributed by atoms with Crippen LogP contribution in [0, 0.1) is 11.3 Å². The molecule has 3 heterocycles. The lowest BCUT2D eigenvalue weighted by Gasteiger charge is -2.23. The second-order valence-electron chi connectivity index (χ2n) is 7.69. The summed E-state index contributed by atoms with van der Waals surface area (Å²) in [5, 5.41) is 20.8. The van der Waals surface area contributed by atoms with Crippen LogP contribution in [0.2, 0.25) is 0 Å². The van der Waals surface area contributed by atoms with Gasteiger partial charge < -0.3 is 15.6 Å². The average molecular weight is 412 g/mol. The molecule has 154 valence electrons. The van der Waals surface area contributed by atoms with Crippen molar-refractivity contribution in [2.45, 2.75) is 18.8 Å². The number of amides is 1. The van der Waals surface area contributed by atoms with Gasteiger partial charge in [0.15, 0.2) is 0 Å². The third-order valence-corrected chi connectivity index (χ3v) is 5.72. The van der Waals surface area contributed by atoms with Gasteiger partial charge in [0.05, 0.1) is 33.9 Å². The molecule has 8 heteroatoms. The van der Waals surface area contributed by atoms with Gasteiger partial charge in [0.25, 0.3) is 11.5 Å². The zero-order chi connectivity index (χ0) is 21.4. The molecule has 0 atom stereocenters. The van der Waals surface area contributed by atoms with Crippen molar-refractivity contribution in [3.05, 3.63) is 75.7 Å². The zero-order valence-electron chi connectivity index (χ0n) is 16.7. The van der Waals surface area contributed by atoms with Crippen LogP contribution in [0.3, 0.4) is 0 Å². The minimum Gasteiger partial charge on any atom is -0.321 e. The highest BCUT2D eigenvalue weighted by Gasteiger charge is 2.22. The smallest absolute Gasteiger partial charge is 0.255 e. The minimum atomic E-state index is -0.333. The largest absolute Gasteiger partial charge is 0.321 e. The summed E-state index contributed by atoms with van der Waals surface area (Å²) in [4.78, 5) is 28.2. The van der Waals surface area contributed by atoms with Gasteiger partial charge in [-0.15, -0.1) is 0 Å². The Morgan fingerprint density at radius 3 is 2.77 bits per heavy atom. The molecule has 2 aromatic heterocycles. The summed E-state index contributed by atoms with van der Waals surface area (Å²) >= 11 is 0. The molecule has 1 fully saturated rings. The molecule has 1 aliphatic heterocycles. The van der Waals surface area contributed by atoms with Crippen molar-refractivity contribution < 1.29 is 4.79 Å². The lowest BCUT2D eigenvalue weighted by Crippen LogP contribution is -2.28. The van der Waals surface area contributed by atoms with E-state index in [0.717, 1.165) is 31.6 Å². The normalized spacial score (nSPS) is 14.5. The van der Waals surface area contributed by atoms with E-state index in [2.05, 4.69) is 15.6 Å². The molecular formula is C23H20N6O2. The number of nitrogens with one attached hydrogen (secondary N) is 3. The molecule has 0 spiro atoms. The van der Waals surface area contributed by atoms with Crippen molar-refractivity contribution in [3.8, 4) is 6.07 Å². The number of benzene rings is 2. The predicted molar refractivity (Wildman–Crippen MR) is 117 cm³/mol. The SMILES string of the molecule is N#Cc1cccc(C(=O)Nc2cccc3nn4c(C5CCNCC5)cc(=O)[nH]c4c23)c1. The van der Waals surface area contributed by atoms with Crippen LogP contribution in [0.4, 0.5) is 5.69 Å². The second-order valence-corrected chi connectivity index (χ2v) is 7.69. The quantitative estimate of drug-likeness (QED) is 0.479. The monoisotopic (exact) mass is 412 g/mol. The Bertz CT molecular complexity index is 1410. The number of rotatable bonds is 3. The number of carbonyl (C=O) groups is 1. The number of carbonyl (C=O) groups excluding carboxylic acids is 1. The zero-order valence-corrected chi connectivity index (χ0v) is 16.7. The van der Waals surface area contributed by atoms with Crippen LogP contribution >= 0.6 is 0 Å². The molecule has 2 aromatic carbocycles. The van der Waals surface area contributed by atoms with E-state index in [1.54, 1.807) is 40.9 Å². The summed E-state index contributed by atoms with van der Waals surface area (Å²) in [6, 6.07) is 15.7. The highest BCUT2D eigenvalue weighted by Crippen LogP contribution is 2.30. The molecule has 1 saturated heterocycles. The molecule has 8 nitrogen and oxygen atoms in total. The molecule has 0 aliphatic carbocycles. The van der Waals surface area contributed by atoms with E-state index in [-0.39, 0.29) is 17.4 Å². The Kier molecular flexibility index (Phi) is 4.73. The first-order valence-electron chi connectivity index (χ1n) is 10.2. The van der Waals surface area contributed by atoms with Gasteiger partial charge in [0, 0.05) is 17.5 Å². The van der Waals surface area contributed by atoms with Crippen LogP contribution in [0.5, 0.6) is 0 Å². The number of hydrogen-bond donors (Lipinski definition) is 3. The van der Waals surface area contributed by atoms with E-state index in [0.29, 0.717) is 33.4 Å². The first kappa shape index (κ1) is 19.0. The fourth-order valence-electron chi connectivity index (χ4n) is 4.22. The third-order valence-electron chi connectivity index (χ3n) is 5.72. The molecule has 3 N–H and O–H groups in total. The van der Waals surface area contributed by atoms with Crippen LogP contribution in [-0.2, 0) is 0 Å². The van der Waals surface area contributed by atoms with Gasteiger partial charge in [-0.1, -0.05) is 12.1 Å². The maximum atomic E-state index is 12.8. The molecule has 0 radical (unpaired) electrons. The Morgan fingerprint density at radius 1 is 1.16 bits per heavy atom. The highest BCUT2D eigenvalue weighted by molar-refractivity contribution is 6.12. The third kappa shape index (κ3) is 3.45. The molecule has 31 heavy (non-hydrogen) atoms. The Labute approximate surface area is 177 Å². The Morgan fingerprint density at radius 2 is 1.97 bits per heavy atom. The van der Waals surface area contributed by atoms with Gasteiger partial charge in [-0.2, -0.15) is 10.4 Å². The maximum absolute atomic E-state index is 12.8. The lowest BCUT2D eigenvalue weighted by atomic mass is 9.94. The summed E-state index contributed by atoms with van der Waals surface area (Å²) < 4.78 is 1.80. The fourth-order valence-corrected chi connectivity index (χ4v) is 4.22. The summed E-state index contributed by atoms with van der Waals surface area (Å²) in [7, 11) is 0. The number of piperidine rings is 1. The van der Waals surface area contributed by atoms with Crippen molar-refractivity contribution >= 4 is 28.1 Å². The van der Waals surface area contributed by atoms with Crippen molar-refractivity contribution in [3.63, 3.8) is 0 Å². The number of hydrogen-bond acceptors (Lipinski definition) is 5. The summed E-state index contributed by atoms with van der Waals surface area (Å²) in [5.74, 6) is -0.0899. The predicted octanol–water partition coefficient (Wildman–Crippen LogP) is 2.77. The van der Waals surface area contributed by atoms with Crippen molar-refractivity contribution in [2.24, 2.45) is 0 Å². The Balaban J connectivity index is 1.62. The number of aromatic amines is 1. The summed E-state index contributed by atoms with van der Waals surface area (Å²) in [5.41, 5.74) is 3.30. The number of anilines is 1. The number of aromatic nitrogens is 3. The van der Waals surface area contributed by atoms with Crippen LogP contribution in [0.25, 0.3) is 16.6 Å². The second kappa shape index (κ2) is 7.70. The van der Waals surface area contributed by atoms with E-state index in [1.165, 1.54) is 0 Å². The van der Waals surface area contributed by atoms with Crippen molar-refractivity contribution in [1.29, 1.82) is 5.26 Å².